The fourth-order valence-corrected chi connectivity index (χ4v) is 0.754. The standard InChI is InChI=1S/C8H6F2NO/c1-11-8(12)6-3-2-5(9)4-7(6)10/h2-3H,1H3,(H,11,12). The summed E-state index contributed by atoms with van der Waals surface area (Å²) in [6.07, 6.45) is 0. The molecule has 0 aromatic heterocycles. The summed E-state index contributed by atoms with van der Waals surface area (Å²) in [5, 5.41) is 2.22. The van der Waals surface area contributed by atoms with Gasteiger partial charge in [-0.25, -0.2) is 8.78 Å². The van der Waals surface area contributed by atoms with Crippen molar-refractivity contribution in [3.05, 3.63) is 35.4 Å². The van der Waals surface area contributed by atoms with Crippen LogP contribution in [0.5, 0.6) is 0 Å². The number of hydrogen-bond acceptors (Lipinski definition) is 1. The maximum absolute atomic E-state index is 12.7. The second-order valence-electron chi connectivity index (χ2n) is 2.11. The number of nitrogens with one attached hydrogen (secondary N) is 1. The van der Waals surface area contributed by atoms with Crippen LogP contribution < -0.4 is 5.32 Å². The molecular weight excluding hydrogens is 164 g/mol. The monoisotopic (exact) mass is 170 g/mol. The smallest absolute Gasteiger partial charge is 0.254 e. The summed E-state index contributed by atoms with van der Waals surface area (Å²) < 4.78 is 25.0. The van der Waals surface area contributed by atoms with Crippen molar-refractivity contribution in [1.29, 1.82) is 0 Å². The van der Waals surface area contributed by atoms with E-state index in [4.69, 9.17) is 0 Å². The average Bonchev–Trinajstić information content (AvgIpc) is 2.03. The van der Waals surface area contributed by atoms with Crippen molar-refractivity contribution < 1.29 is 13.6 Å². The lowest BCUT2D eigenvalue weighted by Crippen LogP contribution is -2.19. The highest BCUT2D eigenvalue weighted by molar-refractivity contribution is 5.94. The molecule has 0 saturated carbocycles. The summed E-state index contributed by atoms with van der Waals surface area (Å²) >= 11 is 0. The van der Waals surface area contributed by atoms with Crippen LogP contribution in [0, 0.1) is 17.7 Å². The normalized spacial score (nSPS) is 9.58. The van der Waals surface area contributed by atoms with Crippen molar-refractivity contribution >= 4 is 5.91 Å². The largest absolute Gasteiger partial charge is 0.355 e. The lowest BCUT2D eigenvalue weighted by molar-refractivity contribution is 0.0959. The minimum atomic E-state index is -0.977. The zero-order valence-electron chi connectivity index (χ0n) is 6.32. The number of rotatable bonds is 1. The highest BCUT2D eigenvalue weighted by atomic mass is 19.1. The van der Waals surface area contributed by atoms with Gasteiger partial charge in [-0.1, -0.05) is 0 Å². The van der Waals surface area contributed by atoms with Crippen LogP contribution in [0.2, 0.25) is 0 Å². The van der Waals surface area contributed by atoms with Crippen LogP contribution in [0.3, 0.4) is 0 Å². The first-order valence-corrected chi connectivity index (χ1v) is 3.24. The minimum absolute atomic E-state index is 0.209. The molecule has 1 aromatic carbocycles. The quantitative estimate of drug-likeness (QED) is 0.672. The van der Waals surface area contributed by atoms with Gasteiger partial charge in [-0.05, 0) is 12.1 Å². The fraction of sp³-hybridized carbons (Fsp3) is 0.125. The molecule has 4 heteroatoms. The molecular formula is C8H6F2NO. The van der Waals surface area contributed by atoms with Crippen molar-refractivity contribution in [2.45, 2.75) is 0 Å². The number of benzene rings is 1. The molecule has 1 amide bonds. The third-order valence-corrected chi connectivity index (χ3v) is 1.33. The predicted octanol–water partition coefficient (Wildman–Crippen LogP) is 1.12. The van der Waals surface area contributed by atoms with Gasteiger partial charge in [0.15, 0.2) is 0 Å². The Kier molecular flexibility index (Phi) is 2.38. The van der Waals surface area contributed by atoms with Crippen molar-refractivity contribution in [3.63, 3.8) is 0 Å². The van der Waals surface area contributed by atoms with Crippen molar-refractivity contribution in [2.24, 2.45) is 0 Å². The van der Waals surface area contributed by atoms with Crippen molar-refractivity contribution in [2.75, 3.05) is 7.05 Å². The van der Waals surface area contributed by atoms with E-state index in [1.54, 1.807) is 6.07 Å². The molecule has 2 nitrogen and oxygen atoms in total. The molecule has 0 aliphatic rings. The predicted molar refractivity (Wildman–Crippen MR) is 38.6 cm³/mol. The first kappa shape index (κ1) is 8.64. The van der Waals surface area contributed by atoms with Crippen LogP contribution in [0.25, 0.3) is 0 Å². The Balaban J connectivity index is 3.09. The molecule has 0 heterocycles. The SMILES string of the molecule is CNC(=O)c1ccc(F)[c]c1F. The number of carbonyl (C=O) groups is 1. The summed E-state index contributed by atoms with van der Waals surface area (Å²) in [5.41, 5.74) is -0.209. The molecule has 0 spiro atoms. The van der Waals surface area contributed by atoms with Crippen LogP contribution in [0.15, 0.2) is 12.1 Å². The van der Waals surface area contributed by atoms with Gasteiger partial charge in [0.2, 0.25) is 0 Å². The molecule has 1 radical (unpaired) electrons. The number of hydrogen-bond donors (Lipinski definition) is 1. The Labute approximate surface area is 68.2 Å². The van der Waals surface area contributed by atoms with Gasteiger partial charge >= 0.3 is 0 Å². The Morgan fingerprint density at radius 2 is 2.17 bits per heavy atom. The first-order valence-electron chi connectivity index (χ1n) is 3.24. The van der Waals surface area contributed by atoms with Crippen molar-refractivity contribution in [3.8, 4) is 0 Å². The summed E-state index contributed by atoms with van der Waals surface area (Å²) in [6.45, 7) is 0. The van der Waals surface area contributed by atoms with Gasteiger partial charge in [-0.2, -0.15) is 0 Å². The van der Waals surface area contributed by atoms with E-state index in [2.05, 4.69) is 5.32 Å². The van der Waals surface area contributed by atoms with E-state index in [1.165, 1.54) is 7.05 Å². The van der Waals surface area contributed by atoms with Crippen LogP contribution in [0.4, 0.5) is 8.78 Å². The third-order valence-electron chi connectivity index (χ3n) is 1.33. The van der Waals surface area contributed by atoms with E-state index in [0.29, 0.717) is 0 Å². The van der Waals surface area contributed by atoms with Gasteiger partial charge in [-0.3, -0.25) is 4.79 Å². The first-order chi connectivity index (χ1) is 5.65. The fourth-order valence-electron chi connectivity index (χ4n) is 0.754. The average molecular weight is 170 g/mol. The summed E-state index contributed by atoms with van der Waals surface area (Å²) in [7, 11) is 1.37. The molecule has 1 rings (SSSR count). The molecule has 0 unspecified atom stereocenters. The highest BCUT2D eigenvalue weighted by Crippen LogP contribution is 2.07. The highest BCUT2D eigenvalue weighted by Gasteiger charge is 2.10. The van der Waals surface area contributed by atoms with Crippen LogP contribution in [0.1, 0.15) is 10.4 Å². The summed E-state index contributed by atoms with van der Waals surface area (Å²) in [5.74, 6) is -2.39. The summed E-state index contributed by atoms with van der Waals surface area (Å²) in [6, 6.07) is 3.81. The van der Waals surface area contributed by atoms with E-state index in [1.807, 2.05) is 0 Å². The third kappa shape index (κ3) is 1.58. The maximum Gasteiger partial charge on any atom is 0.254 e. The second-order valence-corrected chi connectivity index (χ2v) is 2.11. The molecule has 63 valence electrons. The number of carbonyl (C=O) groups excluding carboxylic acids is 1. The Morgan fingerprint density at radius 1 is 1.50 bits per heavy atom. The number of halogens is 2. The minimum Gasteiger partial charge on any atom is -0.355 e. The van der Waals surface area contributed by atoms with Crippen molar-refractivity contribution in [1.82, 2.24) is 5.32 Å². The van der Waals surface area contributed by atoms with E-state index in [9.17, 15) is 13.6 Å². The van der Waals surface area contributed by atoms with Crippen LogP contribution in [-0.2, 0) is 0 Å². The molecule has 12 heavy (non-hydrogen) atoms. The van der Waals surface area contributed by atoms with Gasteiger partial charge in [0.25, 0.3) is 5.91 Å². The van der Waals surface area contributed by atoms with Gasteiger partial charge < -0.3 is 5.32 Å². The lowest BCUT2D eigenvalue weighted by atomic mass is 10.2. The van der Waals surface area contributed by atoms with E-state index >= 15 is 0 Å². The van der Waals surface area contributed by atoms with Gasteiger partial charge in [-0.15, -0.1) is 0 Å². The Hall–Kier alpha value is -1.45. The van der Waals surface area contributed by atoms with E-state index < -0.39 is 17.5 Å². The molecule has 0 saturated heterocycles. The Morgan fingerprint density at radius 3 is 2.67 bits per heavy atom. The molecule has 0 fully saturated rings. The summed E-state index contributed by atoms with van der Waals surface area (Å²) in [4.78, 5) is 10.9. The Bertz CT molecular complexity index is 312. The van der Waals surface area contributed by atoms with E-state index in [-0.39, 0.29) is 5.56 Å². The molecule has 0 aliphatic heterocycles. The van der Waals surface area contributed by atoms with Crippen LogP contribution in [-0.4, -0.2) is 13.0 Å². The molecule has 0 atom stereocenters. The molecule has 0 aliphatic carbocycles. The topological polar surface area (TPSA) is 29.1 Å². The lowest BCUT2D eigenvalue weighted by Gasteiger charge is -1.99. The van der Waals surface area contributed by atoms with Gasteiger partial charge in [0, 0.05) is 7.05 Å². The molecule has 1 N–H and O–H groups in total. The van der Waals surface area contributed by atoms with Gasteiger partial charge in [0.05, 0.1) is 11.6 Å². The van der Waals surface area contributed by atoms with Gasteiger partial charge in [0.1, 0.15) is 11.6 Å². The number of amides is 1. The molecule has 1 aromatic rings. The van der Waals surface area contributed by atoms with Crippen LogP contribution >= 0.6 is 0 Å². The zero-order valence-corrected chi connectivity index (χ0v) is 6.32. The molecule has 0 bridgehead atoms. The maximum atomic E-state index is 12.7. The van der Waals surface area contributed by atoms with E-state index in [0.717, 1.165) is 12.1 Å². The zero-order chi connectivity index (χ0) is 9.14. The second kappa shape index (κ2) is 3.30.